The molecule has 0 fully saturated rings. The minimum Gasteiger partial charge on any atom is -0.248 e. The first-order chi connectivity index (χ1) is 28.3. The summed E-state index contributed by atoms with van der Waals surface area (Å²) in [7, 11) is 0. The third-order valence-electron chi connectivity index (χ3n) is 10.4. The number of allylic oxidation sites excluding steroid dienone is 3. The number of fused-ring (bicyclic) bond motifs is 2. The first kappa shape index (κ1) is 42.7. The van der Waals surface area contributed by atoms with Crippen molar-refractivity contribution in [3.63, 3.8) is 0 Å². The third kappa shape index (κ3) is 9.06. The molecule has 6 rings (SSSR count). The van der Waals surface area contributed by atoms with Crippen LogP contribution in [0.25, 0.3) is 73.9 Å². The second-order valence-electron chi connectivity index (χ2n) is 14.2. The van der Waals surface area contributed by atoms with Crippen molar-refractivity contribution in [2.45, 2.75) is 91.9 Å². The van der Waals surface area contributed by atoms with Gasteiger partial charge in [0, 0.05) is 57.8 Å². The van der Waals surface area contributed by atoms with Crippen LogP contribution in [0.2, 0.25) is 0 Å². The largest absolute Gasteiger partial charge is 0.280 e. The molecule has 6 nitrogen and oxygen atoms in total. The molecule has 0 aromatic carbocycles. The molecule has 0 saturated heterocycles. The van der Waals surface area contributed by atoms with Crippen molar-refractivity contribution in [1.82, 2.24) is 0 Å². The molecular weight excluding hydrogens is 829 g/mol. The molecule has 58 heavy (non-hydrogen) atoms. The summed E-state index contributed by atoms with van der Waals surface area (Å²) in [5.41, 5.74) is 2.17. The highest BCUT2D eigenvalue weighted by Gasteiger charge is 2.24. The zero-order valence-electron chi connectivity index (χ0n) is 32.8. The highest BCUT2D eigenvalue weighted by Crippen LogP contribution is 2.50. The summed E-state index contributed by atoms with van der Waals surface area (Å²) in [5.74, 6) is 0.954. The van der Waals surface area contributed by atoms with Gasteiger partial charge in [-0.25, -0.2) is 25.1 Å². The molecule has 0 amide bonds. The topological polar surface area (TPSA) is 84.5 Å². The molecule has 6 heterocycles. The Labute approximate surface area is 365 Å². The van der Waals surface area contributed by atoms with Crippen LogP contribution >= 0.6 is 68.0 Å². The first-order valence-electron chi connectivity index (χ1n) is 19.4. The molecule has 6 aromatic rings. The van der Waals surface area contributed by atoms with Crippen LogP contribution in [0.15, 0.2) is 47.8 Å². The van der Waals surface area contributed by atoms with E-state index in [4.69, 9.17) is 19.7 Å². The van der Waals surface area contributed by atoms with Crippen molar-refractivity contribution in [2.24, 2.45) is 11.8 Å². The lowest BCUT2D eigenvalue weighted by atomic mass is 9.91. The molecule has 0 aliphatic carbocycles. The molecule has 0 spiro atoms. The molecule has 6 aromatic heterocycles. The van der Waals surface area contributed by atoms with Crippen LogP contribution in [-0.2, 0) is 12.8 Å². The Balaban J connectivity index is 1.30. The Hall–Kier alpha value is -4.86. The average molecular weight is 869 g/mol. The van der Waals surface area contributed by atoms with Gasteiger partial charge in [0.05, 0.1) is 43.5 Å². The standard InChI is InChI=1S/C46H40N6S6/c1-8-12-14-27(10-3)16-29-18-34(57-45(29)31(24-47)32(25-48)50-5)36-20-38-40(53-36)22-42(55-38)43-23-41-39(56-43)21-37(54-41)35-19-30(17-28(11-4)15-13-9-2)46(58-35)44(52-7)33(26-49)51-6/h18-23,27-28H,8-17H2,1-4H3/b32-31-,44-33-. The van der Waals surface area contributed by atoms with Crippen LogP contribution in [0.4, 0.5) is 0 Å². The Morgan fingerprint density at radius 3 is 1.28 bits per heavy atom. The van der Waals surface area contributed by atoms with Crippen molar-refractivity contribution in [2.75, 3.05) is 0 Å². The van der Waals surface area contributed by atoms with E-state index in [0.29, 0.717) is 11.8 Å². The van der Waals surface area contributed by atoms with Crippen molar-refractivity contribution in [3.8, 4) is 47.5 Å². The molecule has 12 heteroatoms. The molecule has 2 unspecified atom stereocenters. The van der Waals surface area contributed by atoms with Crippen LogP contribution in [0.1, 0.15) is 99.9 Å². The quantitative estimate of drug-likeness (QED) is 0.0676. The lowest BCUT2D eigenvalue weighted by Gasteiger charge is -2.14. The molecule has 0 aliphatic heterocycles. The number of hydrogen-bond acceptors (Lipinski definition) is 9. The van der Waals surface area contributed by atoms with Crippen molar-refractivity contribution >= 4 is 98.1 Å². The summed E-state index contributed by atoms with van der Waals surface area (Å²) in [4.78, 5) is 18.8. The number of nitrogens with zero attached hydrogens (tertiary/aromatic N) is 6. The Morgan fingerprint density at radius 1 is 0.534 bits per heavy atom. The van der Waals surface area contributed by atoms with Gasteiger partial charge in [-0.3, -0.25) is 0 Å². The van der Waals surface area contributed by atoms with Crippen LogP contribution in [0, 0.1) is 65.5 Å². The number of unbranched alkanes of at least 4 members (excludes halogenated alkanes) is 2. The van der Waals surface area contributed by atoms with E-state index in [2.05, 4.69) is 84.7 Å². The molecule has 0 N–H and O–H groups in total. The van der Waals surface area contributed by atoms with E-state index < -0.39 is 0 Å². The lowest BCUT2D eigenvalue weighted by molar-refractivity contribution is 0.449. The van der Waals surface area contributed by atoms with Gasteiger partial charge in [0.2, 0.25) is 5.70 Å². The van der Waals surface area contributed by atoms with Crippen LogP contribution in [0.3, 0.4) is 0 Å². The fourth-order valence-corrected chi connectivity index (χ4v) is 14.5. The number of rotatable bonds is 17. The van der Waals surface area contributed by atoms with Gasteiger partial charge in [-0.05, 0) is 72.2 Å². The maximum Gasteiger partial charge on any atom is 0.280 e. The van der Waals surface area contributed by atoms with Crippen molar-refractivity contribution < 1.29 is 0 Å². The molecule has 0 bridgehead atoms. The fraction of sp³-hybridized carbons (Fsp3) is 0.348. The van der Waals surface area contributed by atoms with Crippen molar-refractivity contribution in [1.29, 1.82) is 15.8 Å². The predicted octanol–water partition coefficient (Wildman–Crippen LogP) is 16.6. The maximum absolute atomic E-state index is 10.1. The smallest absolute Gasteiger partial charge is 0.248 e. The van der Waals surface area contributed by atoms with E-state index in [1.54, 1.807) is 45.3 Å². The minimum absolute atomic E-state index is 0.144. The van der Waals surface area contributed by atoms with Crippen LogP contribution < -0.4 is 0 Å². The molecule has 0 saturated carbocycles. The highest BCUT2D eigenvalue weighted by atomic mass is 32.1. The van der Waals surface area contributed by atoms with E-state index >= 15 is 0 Å². The Morgan fingerprint density at radius 2 is 0.931 bits per heavy atom. The van der Waals surface area contributed by atoms with E-state index in [1.807, 2.05) is 12.1 Å². The zero-order chi connectivity index (χ0) is 41.3. The molecule has 2 atom stereocenters. The number of hydrogen-bond donors (Lipinski definition) is 0. The Kier molecular flexibility index (Phi) is 14.5. The molecule has 290 valence electrons. The lowest BCUT2D eigenvalue weighted by Crippen LogP contribution is -2.04. The summed E-state index contributed by atoms with van der Waals surface area (Å²) in [5, 5.41) is 29.4. The highest BCUT2D eigenvalue weighted by molar-refractivity contribution is 7.36. The van der Waals surface area contributed by atoms with Gasteiger partial charge in [0.25, 0.3) is 11.4 Å². The SMILES string of the molecule is [C-]#[N+]/C(C#N)=C(/C#N)c1sc(-c2cc3sc(-c4cc5sc(-c6cc(CC(CC)CCCC)c(/C([N+]#[C-])=C(\C#N)[N+]#[C-])s6)cc5s4)cc3s2)cc1CC(CC)CCCC. The molecule has 0 radical (unpaired) electrons. The fourth-order valence-electron chi connectivity index (χ4n) is 7.17. The minimum atomic E-state index is -0.150. The van der Waals surface area contributed by atoms with Gasteiger partial charge in [-0.1, -0.05) is 79.1 Å². The first-order valence-corrected chi connectivity index (χ1v) is 24.3. The van der Waals surface area contributed by atoms with E-state index in [0.717, 1.165) is 105 Å². The van der Waals surface area contributed by atoms with E-state index in [1.165, 1.54) is 51.2 Å². The summed E-state index contributed by atoms with van der Waals surface area (Å²) < 4.78 is 4.82. The molecule has 0 aliphatic rings. The monoisotopic (exact) mass is 868 g/mol. The third-order valence-corrected chi connectivity index (χ3v) is 18.0. The van der Waals surface area contributed by atoms with Gasteiger partial charge in [0.1, 0.15) is 0 Å². The summed E-state index contributed by atoms with van der Waals surface area (Å²) in [6, 6.07) is 19.5. The predicted molar refractivity (Wildman–Crippen MR) is 250 cm³/mol. The van der Waals surface area contributed by atoms with Gasteiger partial charge < -0.3 is 0 Å². The van der Waals surface area contributed by atoms with E-state index in [9.17, 15) is 15.8 Å². The van der Waals surface area contributed by atoms with Gasteiger partial charge in [-0.15, -0.1) is 68.0 Å². The van der Waals surface area contributed by atoms with Crippen LogP contribution in [0.5, 0.6) is 0 Å². The number of nitriles is 3. The average Bonchev–Trinajstić information content (AvgIpc) is 4.09. The summed E-state index contributed by atoms with van der Waals surface area (Å²) >= 11 is 10.1. The summed E-state index contributed by atoms with van der Waals surface area (Å²) in [6.45, 7) is 31.8. The molecular formula is C46H40N6S6. The second kappa shape index (κ2) is 19.7. The van der Waals surface area contributed by atoms with Crippen molar-refractivity contribution in [3.05, 3.63) is 103 Å². The normalized spacial score (nSPS) is 13.1. The second-order valence-corrected chi connectivity index (χ2v) is 20.6. The maximum atomic E-state index is 10.1. The van der Waals surface area contributed by atoms with E-state index in [-0.39, 0.29) is 22.7 Å². The zero-order valence-corrected chi connectivity index (χ0v) is 37.7. The number of thiophene rings is 6. The van der Waals surface area contributed by atoms with Crippen LogP contribution in [-0.4, -0.2) is 0 Å². The summed E-state index contributed by atoms with van der Waals surface area (Å²) in [6.07, 6.45) is 10.5. The van der Waals surface area contributed by atoms with Gasteiger partial charge >= 0.3 is 0 Å². The van der Waals surface area contributed by atoms with Gasteiger partial charge in [-0.2, -0.15) is 5.26 Å². The van der Waals surface area contributed by atoms with Gasteiger partial charge in [0.15, 0.2) is 0 Å². The Bertz CT molecular complexity index is 2500.